The highest BCUT2D eigenvalue weighted by molar-refractivity contribution is 9.10. The van der Waals surface area contributed by atoms with Crippen LogP contribution in [-0.4, -0.2) is 32.3 Å². The molecule has 0 spiro atoms. The van der Waals surface area contributed by atoms with Crippen LogP contribution in [0.25, 0.3) is 0 Å². The highest BCUT2D eigenvalue weighted by Crippen LogP contribution is 2.19. The average Bonchev–Trinajstić information content (AvgIpc) is 2.57. The van der Waals surface area contributed by atoms with Crippen molar-refractivity contribution in [2.45, 2.75) is 0 Å². The predicted octanol–water partition coefficient (Wildman–Crippen LogP) is 4.04. The largest absolute Gasteiger partial charge is 0.447 e. The van der Waals surface area contributed by atoms with Gasteiger partial charge < -0.3 is 14.8 Å². The Labute approximate surface area is 152 Å². The Hall–Kier alpha value is -2.45. The number of amides is 2. The topological polar surface area (TPSA) is 76.7 Å². The smallest absolute Gasteiger partial charge is 0.411 e. The summed E-state index contributed by atoms with van der Waals surface area (Å²) in [6, 6.07) is 10.5. The van der Waals surface area contributed by atoms with Crippen LogP contribution in [0.4, 0.5) is 20.6 Å². The summed E-state index contributed by atoms with van der Waals surface area (Å²) < 4.78 is 24.0. The lowest BCUT2D eigenvalue weighted by molar-refractivity contribution is 0.102. The van der Waals surface area contributed by atoms with E-state index in [1.807, 2.05) is 0 Å². The van der Waals surface area contributed by atoms with Crippen molar-refractivity contribution in [3.63, 3.8) is 0 Å². The van der Waals surface area contributed by atoms with E-state index in [4.69, 9.17) is 9.47 Å². The zero-order valence-corrected chi connectivity index (χ0v) is 14.9. The Morgan fingerprint density at radius 2 is 1.80 bits per heavy atom. The molecule has 0 bridgehead atoms. The quantitative estimate of drug-likeness (QED) is 0.704. The van der Waals surface area contributed by atoms with E-state index in [-0.39, 0.29) is 12.2 Å². The first kappa shape index (κ1) is 18.9. The van der Waals surface area contributed by atoms with Gasteiger partial charge in [-0.2, -0.15) is 0 Å². The number of carbonyl (C=O) groups excluding carboxylic acids is 2. The molecule has 0 atom stereocenters. The van der Waals surface area contributed by atoms with Crippen LogP contribution in [-0.2, 0) is 9.47 Å². The van der Waals surface area contributed by atoms with Crippen LogP contribution in [0, 0.1) is 5.82 Å². The van der Waals surface area contributed by atoms with E-state index < -0.39 is 17.8 Å². The summed E-state index contributed by atoms with van der Waals surface area (Å²) in [6.07, 6.45) is -0.640. The minimum absolute atomic E-state index is 0.0910. The van der Waals surface area contributed by atoms with Crippen LogP contribution in [0.5, 0.6) is 0 Å². The second-order valence-corrected chi connectivity index (χ2v) is 5.83. The summed E-state index contributed by atoms with van der Waals surface area (Å²) >= 11 is 3.20. The number of benzene rings is 2. The van der Waals surface area contributed by atoms with Crippen molar-refractivity contribution in [3.8, 4) is 0 Å². The first-order chi connectivity index (χ1) is 12.0. The lowest BCUT2D eigenvalue weighted by Gasteiger charge is -2.10. The SMILES string of the molecule is COCCOC(=O)Nc1cccc(NC(=O)c2cc(Br)ccc2F)c1. The maximum absolute atomic E-state index is 13.8. The molecule has 132 valence electrons. The fraction of sp³-hybridized carbons (Fsp3) is 0.176. The number of hydrogen-bond acceptors (Lipinski definition) is 4. The molecule has 0 heterocycles. The van der Waals surface area contributed by atoms with Gasteiger partial charge >= 0.3 is 6.09 Å². The van der Waals surface area contributed by atoms with Crippen molar-refractivity contribution >= 4 is 39.3 Å². The monoisotopic (exact) mass is 410 g/mol. The lowest BCUT2D eigenvalue weighted by atomic mass is 10.2. The first-order valence-electron chi connectivity index (χ1n) is 7.29. The highest BCUT2D eigenvalue weighted by Gasteiger charge is 2.13. The molecule has 0 saturated heterocycles. The first-order valence-corrected chi connectivity index (χ1v) is 8.08. The van der Waals surface area contributed by atoms with Crippen molar-refractivity contribution in [3.05, 3.63) is 58.3 Å². The predicted molar refractivity (Wildman–Crippen MR) is 95.3 cm³/mol. The van der Waals surface area contributed by atoms with E-state index >= 15 is 0 Å². The van der Waals surface area contributed by atoms with E-state index in [9.17, 15) is 14.0 Å². The summed E-state index contributed by atoms with van der Waals surface area (Å²) in [4.78, 5) is 23.8. The van der Waals surface area contributed by atoms with E-state index in [2.05, 4.69) is 26.6 Å². The maximum Gasteiger partial charge on any atom is 0.411 e. The van der Waals surface area contributed by atoms with Crippen molar-refractivity contribution in [1.82, 2.24) is 0 Å². The lowest BCUT2D eigenvalue weighted by Crippen LogP contribution is -2.17. The minimum Gasteiger partial charge on any atom is -0.447 e. The van der Waals surface area contributed by atoms with Crippen molar-refractivity contribution < 1.29 is 23.5 Å². The number of anilines is 2. The number of hydrogen-bond donors (Lipinski definition) is 2. The van der Waals surface area contributed by atoms with Gasteiger partial charge in [-0.15, -0.1) is 0 Å². The molecule has 0 fully saturated rings. The molecule has 0 radical (unpaired) electrons. The van der Waals surface area contributed by atoms with Crippen molar-refractivity contribution in [2.24, 2.45) is 0 Å². The van der Waals surface area contributed by atoms with Crippen LogP contribution in [0.3, 0.4) is 0 Å². The van der Waals surface area contributed by atoms with Gasteiger partial charge in [0.2, 0.25) is 0 Å². The molecule has 2 aromatic rings. The van der Waals surface area contributed by atoms with Gasteiger partial charge in [0.05, 0.1) is 12.2 Å². The summed E-state index contributed by atoms with van der Waals surface area (Å²) in [7, 11) is 1.50. The van der Waals surface area contributed by atoms with E-state index in [0.29, 0.717) is 22.5 Å². The van der Waals surface area contributed by atoms with Crippen LogP contribution >= 0.6 is 15.9 Å². The second-order valence-electron chi connectivity index (χ2n) is 4.91. The highest BCUT2D eigenvalue weighted by atomic mass is 79.9. The van der Waals surface area contributed by atoms with E-state index in [1.54, 1.807) is 18.2 Å². The van der Waals surface area contributed by atoms with Gasteiger partial charge in [-0.3, -0.25) is 10.1 Å². The Balaban J connectivity index is 2.02. The normalized spacial score (nSPS) is 10.2. The molecular weight excluding hydrogens is 395 g/mol. The second kappa shape index (κ2) is 9.14. The fourth-order valence-electron chi connectivity index (χ4n) is 1.92. The van der Waals surface area contributed by atoms with Crippen LogP contribution < -0.4 is 10.6 Å². The van der Waals surface area contributed by atoms with Gasteiger partial charge in [0, 0.05) is 23.0 Å². The Morgan fingerprint density at radius 1 is 1.08 bits per heavy atom. The molecule has 8 heteroatoms. The molecule has 0 aliphatic rings. The third-order valence-corrected chi connectivity index (χ3v) is 3.55. The summed E-state index contributed by atoms with van der Waals surface area (Å²) in [6.45, 7) is 0.419. The number of halogens is 2. The molecule has 2 N–H and O–H groups in total. The number of methoxy groups -OCH3 is 1. The van der Waals surface area contributed by atoms with Crippen molar-refractivity contribution in [2.75, 3.05) is 31.0 Å². The van der Waals surface area contributed by atoms with Gasteiger partial charge in [-0.05, 0) is 36.4 Å². The number of ether oxygens (including phenoxy) is 2. The van der Waals surface area contributed by atoms with E-state index in [1.165, 1.54) is 31.4 Å². The fourth-order valence-corrected chi connectivity index (χ4v) is 2.28. The Kier molecular flexibility index (Phi) is 6.91. The molecule has 0 aliphatic heterocycles. The summed E-state index contributed by atoms with van der Waals surface area (Å²) in [5, 5.41) is 5.11. The molecule has 2 aromatic carbocycles. The molecule has 6 nitrogen and oxygen atoms in total. The van der Waals surface area contributed by atoms with Crippen LogP contribution in [0.1, 0.15) is 10.4 Å². The van der Waals surface area contributed by atoms with Crippen molar-refractivity contribution in [1.29, 1.82) is 0 Å². The standard InChI is InChI=1S/C17H16BrFN2O4/c1-24-7-8-25-17(23)21-13-4-2-3-12(10-13)20-16(22)14-9-11(18)5-6-15(14)19/h2-6,9-10H,7-8H2,1H3,(H,20,22)(H,21,23). The van der Waals surface area contributed by atoms with Crippen LogP contribution in [0.2, 0.25) is 0 Å². The molecule has 2 amide bonds. The molecule has 2 rings (SSSR count). The summed E-state index contributed by atoms with van der Waals surface area (Å²) in [5.41, 5.74) is 0.737. The molecule has 0 aromatic heterocycles. The van der Waals surface area contributed by atoms with Gasteiger partial charge in [0.25, 0.3) is 5.91 Å². The van der Waals surface area contributed by atoms with Gasteiger partial charge in [0.1, 0.15) is 12.4 Å². The Morgan fingerprint density at radius 3 is 2.52 bits per heavy atom. The summed E-state index contributed by atoms with van der Waals surface area (Å²) in [5.74, 6) is -1.23. The van der Waals surface area contributed by atoms with Gasteiger partial charge in [0.15, 0.2) is 0 Å². The third kappa shape index (κ3) is 5.84. The number of carbonyl (C=O) groups is 2. The molecule has 0 aliphatic carbocycles. The molecule has 0 saturated carbocycles. The minimum atomic E-state index is -0.640. The third-order valence-electron chi connectivity index (χ3n) is 3.06. The maximum atomic E-state index is 13.8. The molecular formula is C17H16BrFN2O4. The Bertz CT molecular complexity index is 770. The zero-order valence-electron chi connectivity index (χ0n) is 13.3. The van der Waals surface area contributed by atoms with E-state index in [0.717, 1.165) is 0 Å². The average molecular weight is 411 g/mol. The number of nitrogens with one attached hydrogen (secondary N) is 2. The van der Waals surface area contributed by atoms with Gasteiger partial charge in [-0.25, -0.2) is 9.18 Å². The molecule has 25 heavy (non-hydrogen) atoms. The molecule has 0 unspecified atom stereocenters. The zero-order chi connectivity index (χ0) is 18.2. The number of rotatable bonds is 6. The van der Waals surface area contributed by atoms with Crippen LogP contribution in [0.15, 0.2) is 46.9 Å². The van der Waals surface area contributed by atoms with Gasteiger partial charge in [-0.1, -0.05) is 22.0 Å².